The molecule has 0 aliphatic rings. The fourth-order valence-corrected chi connectivity index (χ4v) is 10.1. The Morgan fingerprint density at radius 3 is 1.65 bits per heavy atom. The molecule has 8 aromatic carbocycles. The lowest BCUT2D eigenvalue weighted by atomic mass is 9.83. The Hall–Kier alpha value is -5.28. The van der Waals surface area contributed by atoms with Gasteiger partial charge in [0.05, 0.1) is 0 Å². The van der Waals surface area contributed by atoms with Crippen molar-refractivity contribution in [2.75, 3.05) is 0 Å². The van der Waals surface area contributed by atoms with Crippen molar-refractivity contribution in [1.29, 1.82) is 0 Å². The molecule has 0 amide bonds. The van der Waals surface area contributed by atoms with Crippen molar-refractivity contribution in [2.45, 2.75) is 0 Å². The predicted octanol–water partition coefficient (Wildman–Crippen LogP) is 13.7. The van der Waals surface area contributed by atoms with Crippen molar-refractivity contribution in [3.8, 4) is 32.7 Å². The summed E-state index contributed by atoms with van der Waals surface area (Å²) in [5, 5.41) is 11.8. The quantitative estimate of drug-likeness (QED) is 0.173. The minimum absolute atomic E-state index is 1.26. The second-order valence-electron chi connectivity index (χ2n) is 12.0. The molecule has 0 atom stereocenters. The van der Waals surface area contributed by atoms with E-state index in [4.69, 9.17) is 0 Å². The van der Waals surface area contributed by atoms with Gasteiger partial charge in [0.15, 0.2) is 0 Å². The molecule has 10 rings (SSSR count). The van der Waals surface area contributed by atoms with Crippen molar-refractivity contribution in [3.05, 3.63) is 158 Å². The van der Waals surface area contributed by atoms with Crippen LogP contribution in [-0.4, -0.2) is 0 Å². The number of rotatable bonds is 3. The topological polar surface area (TPSA) is 0 Å². The van der Waals surface area contributed by atoms with Crippen LogP contribution in [0.25, 0.3) is 95.3 Å². The summed E-state index contributed by atoms with van der Waals surface area (Å²) in [6, 6.07) is 58.2. The van der Waals surface area contributed by atoms with E-state index >= 15 is 0 Å². The lowest BCUT2D eigenvalue weighted by molar-refractivity contribution is 1.68. The summed E-state index contributed by atoms with van der Waals surface area (Å²) in [5.41, 5.74) is 6.50. The molecular formula is C44H26S2. The van der Waals surface area contributed by atoms with Crippen LogP contribution in [0.3, 0.4) is 0 Å². The second-order valence-corrected chi connectivity index (χ2v) is 14.1. The summed E-state index contributed by atoms with van der Waals surface area (Å²) in [6.07, 6.45) is 0. The van der Waals surface area contributed by atoms with Gasteiger partial charge in [-0.2, -0.15) is 0 Å². The highest BCUT2D eigenvalue weighted by molar-refractivity contribution is 7.28. The van der Waals surface area contributed by atoms with E-state index in [1.165, 1.54) is 95.3 Å². The molecule has 0 aliphatic heterocycles. The van der Waals surface area contributed by atoms with Gasteiger partial charge in [0.1, 0.15) is 0 Å². The largest absolute Gasteiger partial charge is 0.135 e. The standard InChI is InChI=1S/C44H26S2/c1-2-14-28(15-3-1)43-42(36-25-26-38-41(44(36)46-43)35-22-10-11-24-37(35)45-38)40-33-20-8-6-18-31(33)39(32-19-7-9-21-34(32)40)30-23-12-16-27-13-4-5-17-29(27)30/h1-26H. The number of hydrogen-bond donors (Lipinski definition) is 0. The number of benzene rings is 8. The molecule has 46 heavy (non-hydrogen) atoms. The predicted molar refractivity (Wildman–Crippen MR) is 204 cm³/mol. The lowest BCUT2D eigenvalue weighted by Crippen LogP contribution is -1.92. The molecule has 0 aliphatic carbocycles. The van der Waals surface area contributed by atoms with Gasteiger partial charge in [-0.3, -0.25) is 0 Å². The molecule has 0 spiro atoms. The van der Waals surface area contributed by atoms with Gasteiger partial charge in [-0.05, 0) is 66.7 Å². The van der Waals surface area contributed by atoms with Crippen LogP contribution in [0.5, 0.6) is 0 Å². The first-order valence-corrected chi connectivity index (χ1v) is 17.3. The molecule has 2 heterocycles. The molecule has 10 aromatic rings. The smallest absolute Gasteiger partial charge is 0.0449 e. The van der Waals surface area contributed by atoms with Crippen molar-refractivity contribution in [2.24, 2.45) is 0 Å². The van der Waals surface area contributed by atoms with Crippen LogP contribution in [0.2, 0.25) is 0 Å². The molecule has 0 N–H and O–H groups in total. The number of fused-ring (bicyclic) bond motifs is 8. The zero-order chi connectivity index (χ0) is 30.2. The Bertz CT molecular complexity index is 2740. The molecule has 0 unspecified atom stereocenters. The Morgan fingerprint density at radius 1 is 0.326 bits per heavy atom. The van der Waals surface area contributed by atoms with Crippen LogP contribution in [0.15, 0.2) is 158 Å². The van der Waals surface area contributed by atoms with Gasteiger partial charge in [-0.15, -0.1) is 22.7 Å². The highest BCUT2D eigenvalue weighted by atomic mass is 32.1. The van der Waals surface area contributed by atoms with E-state index in [2.05, 4.69) is 158 Å². The maximum Gasteiger partial charge on any atom is 0.0449 e. The number of hydrogen-bond acceptors (Lipinski definition) is 2. The molecule has 214 valence electrons. The fraction of sp³-hybridized carbons (Fsp3) is 0. The first-order valence-electron chi connectivity index (χ1n) is 15.7. The van der Waals surface area contributed by atoms with Crippen LogP contribution >= 0.6 is 22.7 Å². The highest BCUT2D eigenvalue weighted by Crippen LogP contribution is 2.54. The van der Waals surface area contributed by atoms with Crippen molar-refractivity contribution >= 4 is 85.2 Å². The van der Waals surface area contributed by atoms with Crippen molar-refractivity contribution < 1.29 is 0 Å². The molecule has 0 bridgehead atoms. The Labute approximate surface area is 274 Å². The van der Waals surface area contributed by atoms with Crippen molar-refractivity contribution in [3.63, 3.8) is 0 Å². The van der Waals surface area contributed by atoms with E-state index in [0.29, 0.717) is 0 Å². The van der Waals surface area contributed by atoms with Crippen LogP contribution in [-0.2, 0) is 0 Å². The summed E-state index contributed by atoms with van der Waals surface area (Å²) in [7, 11) is 0. The Morgan fingerprint density at radius 2 is 0.913 bits per heavy atom. The molecule has 0 saturated heterocycles. The molecule has 2 heteroatoms. The first kappa shape index (κ1) is 26.0. The maximum absolute atomic E-state index is 2.38. The average molecular weight is 619 g/mol. The van der Waals surface area contributed by atoms with Gasteiger partial charge in [0, 0.05) is 40.7 Å². The molecule has 2 aromatic heterocycles. The minimum Gasteiger partial charge on any atom is -0.135 e. The minimum atomic E-state index is 1.26. The zero-order valence-electron chi connectivity index (χ0n) is 24.8. The van der Waals surface area contributed by atoms with E-state index < -0.39 is 0 Å². The second kappa shape index (κ2) is 10.1. The molecule has 0 fully saturated rings. The zero-order valence-corrected chi connectivity index (χ0v) is 26.5. The van der Waals surface area contributed by atoms with Gasteiger partial charge in [0.25, 0.3) is 0 Å². The SMILES string of the molecule is c1ccc(-c2sc3c(ccc4sc5ccccc5c43)c2-c2c3ccccc3c(-c3cccc4ccccc34)c3ccccc23)cc1. The van der Waals surface area contributed by atoms with Crippen LogP contribution in [0.1, 0.15) is 0 Å². The third-order valence-electron chi connectivity index (χ3n) is 9.47. The van der Waals surface area contributed by atoms with Gasteiger partial charge < -0.3 is 0 Å². The molecular weight excluding hydrogens is 593 g/mol. The molecule has 0 radical (unpaired) electrons. The first-order chi connectivity index (χ1) is 22.8. The lowest BCUT2D eigenvalue weighted by Gasteiger charge is -2.19. The summed E-state index contributed by atoms with van der Waals surface area (Å²) in [5.74, 6) is 0. The van der Waals surface area contributed by atoms with Gasteiger partial charge >= 0.3 is 0 Å². The van der Waals surface area contributed by atoms with Crippen LogP contribution in [0, 0.1) is 0 Å². The van der Waals surface area contributed by atoms with E-state index in [1.807, 2.05) is 22.7 Å². The monoisotopic (exact) mass is 618 g/mol. The maximum atomic E-state index is 2.38. The van der Waals surface area contributed by atoms with E-state index in [-0.39, 0.29) is 0 Å². The Balaban J connectivity index is 1.41. The summed E-state index contributed by atoms with van der Waals surface area (Å²) in [6.45, 7) is 0. The third kappa shape index (κ3) is 3.72. The summed E-state index contributed by atoms with van der Waals surface area (Å²) >= 11 is 3.84. The van der Waals surface area contributed by atoms with E-state index in [9.17, 15) is 0 Å². The molecule has 0 saturated carbocycles. The normalized spacial score (nSPS) is 11.9. The van der Waals surface area contributed by atoms with Gasteiger partial charge in [0.2, 0.25) is 0 Å². The van der Waals surface area contributed by atoms with E-state index in [1.54, 1.807) is 0 Å². The average Bonchev–Trinajstić information content (AvgIpc) is 3.69. The summed E-state index contributed by atoms with van der Waals surface area (Å²) in [4.78, 5) is 1.33. The number of thiophene rings is 2. The molecule has 0 nitrogen and oxygen atoms in total. The van der Waals surface area contributed by atoms with Crippen molar-refractivity contribution in [1.82, 2.24) is 0 Å². The van der Waals surface area contributed by atoms with Crippen LogP contribution in [0.4, 0.5) is 0 Å². The summed E-state index contributed by atoms with van der Waals surface area (Å²) < 4.78 is 4.06. The van der Waals surface area contributed by atoms with Crippen LogP contribution < -0.4 is 0 Å². The Kier molecular flexibility index (Phi) is 5.72. The van der Waals surface area contributed by atoms with Gasteiger partial charge in [-0.25, -0.2) is 0 Å². The highest BCUT2D eigenvalue weighted by Gasteiger charge is 2.24. The fourth-order valence-electron chi connectivity index (χ4n) is 7.54. The van der Waals surface area contributed by atoms with Gasteiger partial charge in [-0.1, -0.05) is 146 Å². The third-order valence-corrected chi connectivity index (χ3v) is 11.9. The van der Waals surface area contributed by atoms with E-state index in [0.717, 1.165) is 0 Å².